The molecule has 1 aromatic rings. The van der Waals surface area contributed by atoms with Crippen molar-refractivity contribution in [2.45, 2.75) is 4.90 Å². The Hall–Kier alpha value is -1.82. The van der Waals surface area contributed by atoms with E-state index >= 15 is 0 Å². The van der Waals surface area contributed by atoms with Gasteiger partial charge < -0.3 is 9.64 Å². The predicted octanol–water partition coefficient (Wildman–Crippen LogP) is 2.79. The van der Waals surface area contributed by atoms with Gasteiger partial charge in [-0.3, -0.25) is 4.79 Å². The van der Waals surface area contributed by atoms with E-state index in [4.69, 9.17) is 0 Å². The molecule has 0 radical (unpaired) electrons. The maximum Gasteiger partial charge on any atom is 0.330 e. The van der Waals surface area contributed by atoms with Crippen molar-refractivity contribution in [2.24, 2.45) is 0 Å². The van der Waals surface area contributed by atoms with Gasteiger partial charge in [0.1, 0.15) is 5.82 Å². The highest BCUT2D eigenvalue weighted by Crippen LogP contribution is 2.24. The van der Waals surface area contributed by atoms with E-state index in [1.54, 1.807) is 20.2 Å². The van der Waals surface area contributed by atoms with E-state index in [0.717, 1.165) is 11.8 Å². The third kappa shape index (κ3) is 4.75. The zero-order valence-electron chi connectivity index (χ0n) is 10.8. The molecule has 0 atom stereocenters. The molecule has 1 amide bonds. The standard InChI is InChI=1S/C13H14FNO3S/c1-15(2)13(17)19-11-6-4-9(8-10(11)14)5-7-12(16)18-3/h4-8H,1-3H3. The Kier molecular flexibility index (Phi) is 5.57. The SMILES string of the molecule is COC(=O)C=Cc1ccc(SC(=O)N(C)C)c(F)c1. The maximum atomic E-state index is 13.7. The molecule has 0 N–H and O–H groups in total. The molecule has 0 bridgehead atoms. The van der Waals surface area contributed by atoms with Crippen LogP contribution in [0.25, 0.3) is 6.08 Å². The summed E-state index contributed by atoms with van der Waals surface area (Å²) in [6.45, 7) is 0. The first-order chi connectivity index (χ1) is 8.93. The van der Waals surface area contributed by atoms with Gasteiger partial charge in [0.05, 0.1) is 12.0 Å². The number of halogens is 1. The lowest BCUT2D eigenvalue weighted by molar-refractivity contribution is -0.134. The highest BCUT2D eigenvalue weighted by atomic mass is 32.2. The topological polar surface area (TPSA) is 46.6 Å². The van der Waals surface area contributed by atoms with Gasteiger partial charge >= 0.3 is 5.97 Å². The molecule has 6 heteroatoms. The van der Waals surface area contributed by atoms with E-state index in [1.165, 1.54) is 36.3 Å². The van der Waals surface area contributed by atoms with Gasteiger partial charge in [-0.15, -0.1) is 0 Å². The first-order valence-corrected chi connectivity index (χ1v) is 6.20. The van der Waals surface area contributed by atoms with Crippen LogP contribution < -0.4 is 0 Å². The highest BCUT2D eigenvalue weighted by Gasteiger charge is 2.11. The molecule has 1 aromatic carbocycles. The molecule has 0 fully saturated rings. The molecule has 0 unspecified atom stereocenters. The average molecular weight is 283 g/mol. The number of esters is 1. The third-order valence-corrected chi connectivity index (χ3v) is 3.22. The summed E-state index contributed by atoms with van der Waals surface area (Å²) < 4.78 is 18.2. The Morgan fingerprint density at radius 1 is 1.37 bits per heavy atom. The fourth-order valence-electron chi connectivity index (χ4n) is 1.12. The molecule has 0 saturated carbocycles. The van der Waals surface area contributed by atoms with Crippen molar-refractivity contribution in [1.82, 2.24) is 4.90 Å². The van der Waals surface area contributed by atoms with E-state index < -0.39 is 11.8 Å². The quantitative estimate of drug-likeness (QED) is 0.486. The number of hydrogen-bond acceptors (Lipinski definition) is 4. The van der Waals surface area contributed by atoms with Crippen LogP contribution >= 0.6 is 11.8 Å². The highest BCUT2D eigenvalue weighted by molar-refractivity contribution is 8.13. The predicted molar refractivity (Wildman–Crippen MR) is 72.4 cm³/mol. The van der Waals surface area contributed by atoms with E-state index in [2.05, 4.69) is 4.74 Å². The summed E-state index contributed by atoms with van der Waals surface area (Å²) in [5.41, 5.74) is 0.518. The summed E-state index contributed by atoms with van der Waals surface area (Å²) in [5, 5.41) is -0.253. The maximum absolute atomic E-state index is 13.7. The van der Waals surface area contributed by atoms with Gasteiger partial charge in [-0.05, 0) is 35.5 Å². The van der Waals surface area contributed by atoms with Crippen LogP contribution in [0.2, 0.25) is 0 Å². The summed E-state index contributed by atoms with van der Waals surface area (Å²) in [7, 11) is 4.46. The summed E-state index contributed by atoms with van der Waals surface area (Å²) in [5.74, 6) is -1.02. The van der Waals surface area contributed by atoms with Crippen LogP contribution in [-0.2, 0) is 9.53 Å². The van der Waals surface area contributed by atoms with Crippen molar-refractivity contribution >= 4 is 29.0 Å². The van der Waals surface area contributed by atoms with Gasteiger partial charge in [0.2, 0.25) is 0 Å². The second kappa shape index (κ2) is 6.94. The van der Waals surface area contributed by atoms with Crippen LogP contribution in [-0.4, -0.2) is 37.3 Å². The Morgan fingerprint density at radius 2 is 2.05 bits per heavy atom. The van der Waals surface area contributed by atoms with Crippen LogP contribution in [0.15, 0.2) is 29.2 Å². The number of nitrogens with zero attached hydrogens (tertiary/aromatic N) is 1. The molecule has 0 aliphatic rings. The first kappa shape index (κ1) is 15.2. The Labute approximate surface area is 115 Å². The molecular formula is C13H14FNO3S. The second-order valence-electron chi connectivity index (χ2n) is 3.81. The average Bonchev–Trinajstić information content (AvgIpc) is 2.38. The summed E-state index contributed by atoms with van der Waals surface area (Å²) >= 11 is 0.812. The van der Waals surface area contributed by atoms with Crippen LogP contribution in [0, 0.1) is 5.82 Å². The number of ether oxygens (including phenoxy) is 1. The van der Waals surface area contributed by atoms with Gasteiger partial charge in [-0.2, -0.15) is 0 Å². The van der Waals surface area contributed by atoms with Crippen molar-refractivity contribution in [3.05, 3.63) is 35.7 Å². The largest absolute Gasteiger partial charge is 0.466 e. The molecule has 0 aliphatic heterocycles. The number of methoxy groups -OCH3 is 1. The zero-order chi connectivity index (χ0) is 14.4. The van der Waals surface area contributed by atoms with Crippen LogP contribution in [0.1, 0.15) is 5.56 Å². The van der Waals surface area contributed by atoms with E-state index in [0.29, 0.717) is 5.56 Å². The van der Waals surface area contributed by atoms with Gasteiger partial charge in [-0.1, -0.05) is 6.07 Å². The fourth-order valence-corrected chi connectivity index (χ4v) is 1.78. The molecule has 0 spiro atoms. The molecule has 1 rings (SSSR count). The van der Waals surface area contributed by atoms with Crippen molar-refractivity contribution < 1.29 is 18.7 Å². The monoisotopic (exact) mass is 283 g/mol. The van der Waals surface area contributed by atoms with E-state index in [9.17, 15) is 14.0 Å². The van der Waals surface area contributed by atoms with Crippen molar-refractivity contribution in [2.75, 3.05) is 21.2 Å². The molecule has 4 nitrogen and oxygen atoms in total. The minimum Gasteiger partial charge on any atom is -0.466 e. The van der Waals surface area contributed by atoms with E-state index in [1.807, 2.05) is 0 Å². The Balaban J connectivity index is 2.83. The van der Waals surface area contributed by atoms with Crippen LogP contribution in [0.5, 0.6) is 0 Å². The fraction of sp³-hybridized carbons (Fsp3) is 0.231. The summed E-state index contributed by atoms with van der Waals surface area (Å²) in [4.78, 5) is 24.0. The van der Waals surface area contributed by atoms with Crippen molar-refractivity contribution in [3.63, 3.8) is 0 Å². The normalized spacial score (nSPS) is 10.5. The first-order valence-electron chi connectivity index (χ1n) is 5.38. The van der Waals surface area contributed by atoms with Gasteiger partial charge in [0.25, 0.3) is 5.24 Å². The smallest absolute Gasteiger partial charge is 0.330 e. The van der Waals surface area contributed by atoms with Crippen LogP contribution in [0.3, 0.4) is 0 Å². The van der Waals surface area contributed by atoms with Crippen LogP contribution in [0.4, 0.5) is 9.18 Å². The third-order valence-electron chi connectivity index (χ3n) is 2.13. The minimum absolute atomic E-state index is 0.244. The number of carbonyl (C=O) groups excluding carboxylic acids is 2. The molecule has 0 saturated heterocycles. The number of rotatable bonds is 3. The Morgan fingerprint density at radius 3 is 2.58 bits per heavy atom. The number of carbonyl (C=O) groups is 2. The number of benzene rings is 1. The van der Waals surface area contributed by atoms with Crippen molar-refractivity contribution in [3.8, 4) is 0 Å². The molecular weight excluding hydrogens is 269 g/mol. The summed E-state index contributed by atoms with van der Waals surface area (Å²) in [6.07, 6.45) is 2.64. The van der Waals surface area contributed by atoms with Crippen molar-refractivity contribution in [1.29, 1.82) is 0 Å². The minimum atomic E-state index is -0.512. The molecule has 0 heterocycles. The van der Waals surface area contributed by atoms with Gasteiger partial charge in [0.15, 0.2) is 0 Å². The lowest BCUT2D eigenvalue weighted by Gasteiger charge is -2.09. The number of amides is 1. The van der Waals surface area contributed by atoms with Gasteiger partial charge in [-0.25, -0.2) is 9.18 Å². The lowest BCUT2D eigenvalue weighted by atomic mass is 10.2. The number of hydrogen-bond donors (Lipinski definition) is 0. The lowest BCUT2D eigenvalue weighted by Crippen LogP contribution is -2.16. The van der Waals surface area contributed by atoms with E-state index in [-0.39, 0.29) is 10.1 Å². The Bertz CT molecular complexity index is 515. The zero-order valence-corrected chi connectivity index (χ0v) is 11.7. The summed E-state index contributed by atoms with van der Waals surface area (Å²) in [6, 6.07) is 4.37. The second-order valence-corrected chi connectivity index (χ2v) is 4.80. The molecule has 19 heavy (non-hydrogen) atoms. The molecule has 102 valence electrons. The molecule has 0 aromatic heterocycles. The van der Waals surface area contributed by atoms with Gasteiger partial charge in [0, 0.05) is 20.2 Å². The number of thioether (sulfide) groups is 1. The molecule has 0 aliphatic carbocycles.